The first-order valence-electron chi connectivity index (χ1n) is 6.85. The van der Waals surface area contributed by atoms with Crippen LogP contribution in [-0.4, -0.2) is 34.1 Å². The molecule has 106 valence electrons. The summed E-state index contributed by atoms with van der Waals surface area (Å²) in [7, 11) is 0. The number of fused-ring (bicyclic) bond motifs is 2. The van der Waals surface area contributed by atoms with Crippen LogP contribution < -0.4 is 0 Å². The first-order chi connectivity index (χ1) is 9.15. The molecule has 0 N–H and O–H groups in total. The van der Waals surface area contributed by atoms with Crippen molar-refractivity contribution >= 4 is 31.9 Å². The molecule has 2 fully saturated rings. The van der Waals surface area contributed by atoms with E-state index in [0.717, 1.165) is 25.7 Å². The average molecular weight is 392 g/mol. The van der Waals surface area contributed by atoms with Crippen molar-refractivity contribution in [2.45, 2.75) is 66.7 Å². The van der Waals surface area contributed by atoms with Crippen LogP contribution >= 0.6 is 31.9 Å². The maximum Gasteiger partial charge on any atom is 0.0876 e. The molecule has 2 bridgehead atoms. The summed E-state index contributed by atoms with van der Waals surface area (Å²) in [5.74, 6) is 2.51. The zero-order valence-electron chi connectivity index (χ0n) is 11.1. The van der Waals surface area contributed by atoms with Crippen molar-refractivity contribution in [2.24, 2.45) is 0 Å². The van der Waals surface area contributed by atoms with E-state index in [-0.39, 0.29) is 24.4 Å². The zero-order chi connectivity index (χ0) is 13.8. The van der Waals surface area contributed by atoms with Gasteiger partial charge in [0.15, 0.2) is 0 Å². The van der Waals surface area contributed by atoms with E-state index in [1.54, 1.807) is 6.08 Å². The molecule has 0 radical (unpaired) electrons. The maximum absolute atomic E-state index is 6.28. The minimum absolute atomic E-state index is 0.133. The van der Waals surface area contributed by atoms with Crippen LogP contribution in [0.4, 0.5) is 0 Å². The van der Waals surface area contributed by atoms with Crippen molar-refractivity contribution in [1.82, 2.24) is 0 Å². The highest BCUT2D eigenvalue weighted by Gasteiger charge is 2.44. The third-order valence-corrected chi connectivity index (χ3v) is 6.02. The fraction of sp³-hybridized carbons (Fsp3) is 0.733. The second-order valence-corrected chi connectivity index (χ2v) is 7.49. The van der Waals surface area contributed by atoms with E-state index < -0.39 is 0 Å². The molecule has 0 aromatic heterocycles. The molecule has 2 saturated heterocycles. The molecule has 19 heavy (non-hydrogen) atoms. The summed E-state index contributed by atoms with van der Waals surface area (Å²) in [5, 5.41) is 0. The third-order valence-electron chi connectivity index (χ3n) is 3.82. The summed E-state index contributed by atoms with van der Waals surface area (Å²) in [6.45, 7) is 2.18. The zero-order valence-corrected chi connectivity index (χ0v) is 14.3. The molecular formula is C15H20Br2O2. The Hall–Kier alpha value is 0.180. The van der Waals surface area contributed by atoms with Gasteiger partial charge in [-0.3, -0.25) is 0 Å². The van der Waals surface area contributed by atoms with E-state index in [1.807, 2.05) is 6.08 Å². The van der Waals surface area contributed by atoms with Gasteiger partial charge < -0.3 is 9.47 Å². The van der Waals surface area contributed by atoms with E-state index in [2.05, 4.69) is 44.7 Å². The van der Waals surface area contributed by atoms with Crippen molar-refractivity contribution in [3.05, 3.63) is 12.2 Å². The SMILES string of the molecule is C#C/C=C/C[C@H]1O[C@@H]2C[C@H]1O[C@@H]([C@@H](Br)CC)C[C@H]2Br. The number of terminal acetylenes is 1. The Labute approximate surface area is 132 Å². The number of ether oxygens (including phenoxy) is 2. The molecule has 0 unspecified atom stereocenters. The van der Waals surface area contributed by atoms with E-state index >= 15 is 0 Å². The van der Waals surface area contributed by atoms with Crippen molar-refractivity contribution in [1.29, 1.82) is 0 Å². The van der Waals surface area contributed by atoms with E-state index in [9.17, 15) is 0 Å². The second kappa shape index (κ2) is 7.26. The standard InChI is InChI=1S/C15H20Br2O2/c1-3-5-6-7-12-15-9-14(18-12)11(17)8-13(19-15)10(16)4-2/h1,5-6,10-15H,4,7-9H2,2H3/b6-5+/t10-,11+,12+,13+,14+,15+/m0/s1. The highest BCUT2D eigenvalue weighted by Crippen LogP contribution is 2.38. The molecule has 2 nitrogen and oxygen atoms in total. The monoisotopic (exact) mass is 390 g/mol. The number of allylic oxidation sites excluding steroid dienone is 1. The lowest BCUT2D eigenvalue weighted by Gasteiger charge is -2.30. The highest BCUT2D eigenvalue weighted by atomic mass is 79.9. The van der Waals surface area contributed by atoms with Gasteiger partial charge in [0.25, 0.3) is 0 Å². The summed E-state index contributed by atoms with van der Waals surface area (Å²) >= 11 is 7.49. The van der Waals surface area contributed by atoms with Gasteiger partial charge in [-0.2, -0.15) is 0 Å². The normalized spacial score (nSPS) is 40.0. The van der Waals surface area contributed by atoms with Crippen molar-refractivity contribution in [2.75, 3.05) is 0 Å². The van der Waals surface area contributed by atoms with Gasteiger partial charge in [0.05, 0.1) is 24.4 Å². The number of rotatable bonds is 4. The molecule has 4 heteroatoms. The largest absolute Gasteiger partial charge is 0.371 e. The molecular weight excluding hydrogens is 372 g/mol. The fourth-order valence-corrected chi connectivity index (χ4v) is 3.80. The Morgan fingerprint density at radius 2 is 2.16 bits per heavy atom. The predicted octanol–water partition coefficient (Wildman–Crippen LogP) is 3.82. The van der Waals surface area contributed by atoms with Crippen LogP contribution in [0, 0.1) is 12.3 Å². The molecule has 6 atom stereocenters. The Balaban J connectivity index is 2.02. The molecule has 0 aromatic rings. The molecule has 0 amide bonds. The smallest absolute Gasteiger partial charge is 0.0876 e. The lowest BCUT2D eigenvalue weighted by atomic mass is 10.1. The topological polar surface area (TPSA) is 18.5 Å². The molecule has 0 aromatic carbocycles. The number of hydrogen-bond donors (Lipinski definition) is 0. The van der Waals surface area contributed by atoms with Crippen LogP contribution in [0.3, 0.4) is 0 Å². The first kappa shape index (κ1) is 15.6. The van der Waals surface area contributed by atoms with Gasteiger partial charge in [-0.05, 0) is 25.3 Å². The first-order valence-corrected chi connectivity index (χ1v) is 8.69. The van der Waals surface area contributed by atoms with Gasteiger partial charge in [0, 0.05) is 16.1 Å². The van der Waals surface area contributed by atoms with Crippen LogP contribution in [0.15, 0.2) is 12.2 Å². The van der Waals surface area contributed by atoms with E-state index in [1.165, 1.54) is 0 Å². The summed E-state index contributed by atoms with van der Waals surface area (Å²) in [4.78, 5) is 0.782. The summed E-state index contributed by atoms with van der Waals surface area (Å²) < 4.78 is 12.4. The minimum atomic E-state index is 0.133. The average Bonchev–Trinajstić information content (AvgIpc) is 2.72. The quantitative estimate of drug-likeness (QED) is 0.535. The predicted molar refractivity (Wildman–Crippen MR) is 84.9 cm³/mol. The van der Waals surface area contributed by atoms with Crippen LogP contribution in [0.1, 0.15) is 32.6 Å². The molecule has 0 aliphatic carbocycles. The third kappa shape index (κ3) is 3.85. The molecule has 2 aliphatic rings. The molecule has 0 spiro atoms. The summed E-state index contributed by atoms with van der Waals surface area (Å²) in [6.07, 6.45) is 13.7. The van der Waals surface area contributed by atoms with Gasteiger partial charge in [-0.1, -0.05) is 50.8 Å². The van der Waals surface area contributed by atoms with Gasteiger partial charge in [-0.25, -0.2) is 0 Å². The molecule has 0 saturated carbocycles. The molecule has 2 aliphatic heterocycles. The van der Waals surface area contributed by atoms with Crippen LogP contribution in [-0.2, 0) is 9.47 Å². The molecule has 2 heterocycles. The van der Waals surface area contributed by atoms with Crippen molar-refractivity contribution in [3.63, 3.8) is 0 Å². The van der Waals surface area contributed by atoms with Crippen LogP contribution in [0.5, 0.6) is 0 Å². The second-order valence-electron chi connectivity index (χ2n) is 5.14. The van der Waals surface area contributed by atoms with Crippen molar-refractivity contribution in [3.8, 4) is 12.3 Å². The lowest BCUT2D eigenvalue weighted by molar-refractivity contribution is -0.0732. The van der Waals surface area contributed by atoms with Gasteiger partial charge in [-0.15, -0.1) is 6.42 Å². The number of halogens is 2. The lowest BCUT2D eigenvalue weighted by Crippen LogP contribution is -2.36. The number of alkyl halides is 2. The van der Waals surface area contributed by atoms with E-state index in [0.29, 0.717) is 9.65 Å². The summed E-state index contributed by atoms with van der Waals surface area (Å²) in [5.41, 5.74) is 0. The Morgan fingerprint density at radius 1 is 1.37 bits per heavy atom. The Bertz CT molecular complexity index is 364. The minimum Gasteiger partial charge on any atom is -0.371 e. The van der Waals surface area contributed by atoms with E-state index in [4.69, 9.17) is 15.9 Å². The molecule has 2 rings (SSSR count). The fourth-order valence-electron chi connectivity index (χ4n) is 2.75. The summed E-state index contributed by atoms with van der Waals surface area (Å²) in [6, 6.07) is 0. The van der Waals surface area contributed by atoms with Crippen LogP contribution in [0.25, 0.3) is 0 Å². The van der Waals surface area contributed by atoms with Crippen LogP contribution in [0.2, 0.25) is 0 Å². The Morgan fingerprint density at radius 3 is 2.84 bits per heavy atom. The highest BCUT2D eigenvalue weighted by molar-refractivity contribution is 9.09. The van der Waals surface area contributed by atoms with Gasteiger partial charge in [0.1, 0.15) is 0 Å². The van der Waals surface area contributed by atoms with Gasteiger partial charge in [0.2, 0.25) is 0 Å². The number of hydrogen-bond acceptors (Lipinski definition) is 2. The Kier molecular flexibility index (Phi) is 5.95. The maximum atomic E-state index is 6.28. The van der Waals surface area contributed by atoms with Gasteiger partial charge >= 0.3 is 0 Å². The van der Waals surface area contributed by atoms with Crippen molar-refractivity contribution < 1.29 is 9.47 Å².